The minimum Gasteiger partial charge on any atom is -0.479 e. The third-order valence-electron chi connectivity index (χ3n) is 2.43. The molecule has 8 nitrogen and oxygen atoms in total. The number of nitrogens with one attached hydrogen (secondary N) is 2. The van der Waals surface area contributed by atoms with Crippen molar-refractivity contribution in [3.8, 4) is 0 Å². The number of primary amides is 1. The van der Waals surface area contributed by atoms with Crippen molar-refractivity contribution in [2.75, 3.05) is 19.8 Å². The Hall–Kier alpha value is -2.61. The van der Waals surface area contributed by atoms with Crippen LogP contribution in [0.2, 0.25) is 0 Å². The van der Waals surface area contributed by atoms with Crippen LogP contribution in [0, 0.1) is 0 Å². The second kappa shape index (κ2) is 8.54. The zero-order chi connectivity index (χ0) is 15.7. The number of amides is 3. The molecule has 8 heteroatoms. The summed E-state index contributed by atoms with van der Waals surface area (Å²) in [5.74, 6) is -1.77. The lowest BCUT2D eigenvalue weighted by atomic mass is 10.1. The Balaban J connectivity index is 2.40. The number of carboxylic acids is 1. The van der Waals surface area contributed by atoms with Gasteiger partial charge < -0.3 is 26.2 Å². The highest BCUT2D eigenvalue weighted by Gasteiger charge is 2.21. The van der Waals surface area contributed by atoms with E-state index in [0.29, 0.717) is 5.56 Å². The minimum absolute atomic E-state index is 0.0967. The lowest BCUT2D eigenvalue weighted by Crippen LogP contribution is -2.42. The molecule has 0 aliphatic heterocycles. The van der Waals surface area contributed by atoms with Crippen LogP contribution in [0.3, 0.4) is 0 Å². The summed E-state index contributed by atoms with van der Waals surface area (Å²) in [7, 11) is 0. The molecule has 1 aromatic carbocycles. The first kappa shape index (κ1) is 16.4. The van der Waals surface area contributed by atoms with Crippen molar-refractivity contribution in [2.45, 2.75) is 6.04 Å². The van der Waals surface area contributed by atoms with Gasteiger partial charge in [-0.3, -0.25) is 4.79 Å². The maximum atomic E-state index is 11.6. The Kier molecular flexibility index (Phi) is 6.69. The standard InChI is InChI=1S/C13H17N3O5/c14-10(17)8-21-7-6-15-13(20)16-11(12(18)19)9-4-2-1-3-5-9/h1-5,11H,6-8H2,(H2,14,17)(H,18,19)(H2,15,16,20)/t11-/m0/s1. The van der Waals surface area contributed by atoms with Crippen LogP contribution in [0.15, 0.2) is 30.3 Å². The van der Waals surface area contributed by atoms with E-state index in [1.807, 2.05) is 0 Å². The quantitative estimate of drug-likeness (QED) is 0.485. The molecule has 0 spiro atoms. The first-order chi connectivity index (χ1) is 10.0. The van der Waals surface area contributed by atoms with E-state index in [-0.39, 0.29) is 19.8 Å². The highest BCUT2D eigenvalue weighted by molar-refractivity contribution is 5.83. The maximum Gasteiger partial charge on any atom is 0.330 e. The molecule has 1 aromatic rings. The second-order valence-electron chi connectivity index (χ2n) is 4.10. The van der Waals surface area contributed by atoms with Crippen molar-refractivity contribution < 1.29 is 24.2 Å². The predicted octanol–water partition coefficient (Wildman–Crippen LogP) is -0.387. The summed E-state index contributed by atoms with van der Waals surface area (Å²) in [6.07, 6.45) is 0. The van der Waals surface area contributed by atoms with Gasteiger partial charge in [0.05, 0.1) is 6.61 Å². The zero-order valence-corrected chi connectivity index (χ0v) is 11.2. The number of urea groups is 1. The summed E-state index contributed by atoms with van der Waals surface area (Å²) < 4.78 is 4.85. The average Bonchev–Trinajstić information content (AvgIpc) is 2.44. The van der Waals surface area contributed by atoms with Crippen molar-refractivity contribution in [1.29, 1.82) is 0 Å². The van der Waals surface area contributed by atoms with Gasteiger partial charge in [-0.1, -0.05) is 30.3 Å². The maximum absolute atomic E-state index is 11.6. The zero-order valence-electron chi connectivity index (χ0n) is 11.2. The van der Waals surface area contributed by atoms with Crippen LogP contribution in [0.4, 0.5) is 4.79 Å². The van der Waals surface area contributed by atoms with Crippen LogP contribution in [-0.2, 0) is 14.3 Å². The van der Waals surface area contributed by atoms with Crippen LogP contribution in [0.5, 0.6) is 0 Å². The number of carbonyl (C=O) groups excluding carboxylic acids is 2. The molecule has 0 fully saturated rings. The number of rotatable bonds is 8. The monoisotopic (exact) mass is 295 g/mol. The van der Waals surface area contributed by atoms with E-state index in [1.54, 1.807) is 30.3 Å². The van der Waals surface area contributed by atoms with Crippen molar-refractivity contribution >= 4 is 17.9 Å². The third-order valence-corrected chi connectivity index (χ3v) is 2.43. The van der Waals surface area contributed by atoms with E-state index in [1.165, 1.54) is 0 Å². The molecule has 5 N–H and O–H groups in total. The third kappa shape index (κ3) is 6.39. The lowest BCUT2D eigenvalue weighted by Gasteiger charge is -2.15. The van der Waals surface area contributed by atoms with Crippen LogP contribution in [0.25, 0.3) is 0 Å². The largest absolute Gasteiger partial charge is 0.479 e. The Bertz CT molecular complexity index is 492. The molecule has 1 atom stereocenters. The first-order valence-corrected chi connectivity index (χ1v) is 6.19. The molecule has 0 aliphatic rings. The molecule has 21 heavy (non-hydrogen) atoms. The fourth-order valence-electron chi connectivity index (χ4n) is 1.52. The topological polar surface area (TPSA) is 131 Å². The van der Waals surface area contributed by atoms with Crippen molar-refractivity contribution in [1.82, 2.24) is 10.6 Å². The van der Waals surface area contributed by atoms with Gasteiger partial charge in [0.15, 0.2) is 6.04 Å². The first-order valence-electron chi connectivity index (χ1n) is 6.19. The Morgan fingerprint density at radius 3 is 2.48 bits per heavy atom. The van der Waals surface area contributed by atoms with Crippen LogP contribution >= 0.6 is 0 Å². The molecule has 114 valence electrons. The smallest absolute Gasteiger partial charge is 0.330 e. The number of nitrogens with two attached hydrogens (primary N) is 1. The van der Waals surface area contributed by atoms with Gasteiger partial charge in [-0.2, -0.15) is 0 Å². The molecule has 3 amide bonds. The number of ether oxygens (including phenoxy) is 1. The minimum atomic E-state index is -1.17. The number of carboxylic acid groups (broad SMARTS) is 1. The molecule has 0 saturated carbocycles. The summed E-state index contributed by atoms with van der Waals surface area (Å²) in [5.41, 5.74) is 5.33. The van der Waals surface area contributed by atoms with Gasteiger partial charge >= 0.3 is 12.0 Å². The van der Waals surface area contributed by atoms with Gasteiger partial charge in [0.25, 0.3) is 0 Å². The summed E-state index contributed by atoms with van der Waals surface area (Å²) in [6.45, 7) is -0.00918. The average molecular weight is 295 g/mol. The van der Waals surface area contributed by atoms with E-state index in [0.717, 1.165) is 0 Å². The fourth-order valence-corrected chi connectivity index (χ4v) is 1.52. The molecule has 1 rings (SSSR count). The lowest BCUT2D eigenvalue weighted by molar-refractivity contribution is -0.139. The molecule has 0 unspecified atom stereocenters. The molecule has 0 aromatic heterocycles. The predicted molar refractivity (Wildman–Crippen MR) is 73.4 cm³/mol. The molecule has 0 radical (unpaired) electrons. The van der Waals surface area contributed by atoms with E-state index in [4.69, 9.17) is 15.6 Å². The summed E-state index contributed by atoms with van der Waals surface area (Å²) in [6, 6.07) is 6.54. The van der Waals surface area contributed by atoms with Crippen LogP contribution in [0.1, 0.15) is 11.6 Å². The Morgan fingerprint density at radius 2 is 1.90 bits per heavy atom. The van der Waals surface area contributed by atoms with Crippen LogP contribution < -0.4 is 16.4 Å². The van der Waals surface area contributed by atoms with Gasteiger partial charge in [-0.25, -0.2) is 9.59 Å². The molecular formula is C13H17N3O5. The molecular weight excluding hydrogens is 278 g/mol. The number of aliphatic carboxylic acids is 1. The summed E-state index contributed by atoms with van der Waals surface area (Å²) in [5, 5.41) is 13.9. The van der Waals surface area contributed by atoms with E-state index >= 15 is 0 Å². The van der Waals surface area contributed by atoms with Crippen LogP contribution in [-0.4, -0.2) is 42.8 Å². The van der Waals surface area contributed by atoms with Gasteiger partial charge in [-0.05, 0) is 5.56 Å². The molecule has 0 aliphatic carbocycles. The summed E-state index contributed by atoms with van der Waals surface area (Å²) in [4.78, 5) is 33.2. The van der Waals surface area contributed by atoms with E-state index in [2.05, 4.69) is 10.6 Å². The Morgan fingerprint density at radius 1 is 1.24 bits per heavy atom. The van der Waals surface area contributed by atoms with Crippen molar-refractivity contribution in [2.24, 2.45) is 5.73 Å². The molecule has 0 saturated heterocycles. The number of benzene rings is 1. The molecule has 0 bridgehead atoms. The van der Waals surface area contributed by atoms with Gasteiger partial charge in [0, 0.05) is 6.54 Å². The molecule has 0 heterocycles. The van der Waals surface area contributed by atoms with Crippen molar-refractivity contribution in [3.05, 3.63) is 35.9 Å². The van der Waals surface area contributed by atoms with Gasteiger partial charge in [0.1, 0.15) is 6.61 Å². The number of hydrogen-bond donors (Lipinski definition) is 4. The second-order valence-corrected chi connectivity index (χ2v) is 4.10. The van der Waals surface area contributed by atoms with Gasteiger partial charge in [-0.15, -0.1) is 0 Å². The van der Waals surface area contributed by atoms with E-state index < -0.39 is 23.9 Å². The SMILES string of the molecule is NC(=O)COCCNC(=O)N[C@H](C(=O)O)c1ccccc1. The highest BCUT2D eigenvalue weighted by Crippen LogP contribution is 2.12. The van der Waals surface area contributed by atoms with E-state index in [9.17, 15) is 14.4 Å². The normalized spacial score (nSPS) is 11.4. The number of carbonyl (C=O) groups is 3. The highest BCUT2D eigenvalue weighted by atomic mass is 16.5. The summed E-state index contributed by atoms with van der Waals surface area (Å²) >= 11 is 0. The fraction of sp³-hybridized carbons (Fsp3) is 0.308. The number of hydrogen-bond acceptors (Lipinski definition) is 4. The van der Waals surface area contributed by atoms with Gasteiger partial charge in [0.2, 0.25) is 5.91 Å². The van der Waals surface area contributed by atoms with Crippen molar-refractivity contribution in [3.63, 3.8) is 0 Å². The Labute approximate surface area is 121 Å².